The Bertz CT molecular complexity index is 1080. The Kier molecular flexibility index (Phi) is 6.74. The first-order valence-corrected chi connectivity index (χ1v) is 11.3. The van der Waals surface area contributed by atoms with Crippen LogP contribution in [-0.4, -0.2) is 29.9 Å². The lowest BCUT2D eigenvalue weighted by molar-refractivity contribution is 0.0900. The van der Waals surface area contributed by atoms with Gasteiger partial charge in [-0.2, -0.15) is 0 Å². The van der Waals surface area contributed by atoms with Gasteiger partial charge >= 0.3 is 0 Å². The highest BCUT2D eigenvalue weighted by Crippen LogP contribution is 2.26. The summed E-state index contributed by atoms with van der Waals surface area (Å²) in [4.78, 5) is 15.1. The molecule has 0 radical (unpaired) electrons. The molecule has 3 aromatic carbocycles. The zero-order valence-corrected chi connectivity index (χ0v) is 19.0. The van der Waals surface area contributed by atoms with Crippen molar-refractivity contribution >= 4 is 17.5 Å². The minimum absolute atomic E-state index is 0.0307. The highest BCUT2D eigenvalue weighted by molar-refractivity contribution is 6.31. The average molecular weight is 433 g/mol. The molecule has 4 rings (SSSR count). The van der Waals surface area contributed by atoms with Gasteiger partial charge in [-0.1, -0.05) is 60.1 Å². The number of halogens is 1. The number of carbonyl (C=O) groups excluding carboxylic acids is 1. The summed E-state index contributed by atoms with van der Waals surface area (Å²) < 4.78 is 0. The molecule has 1 heterocycles. The fourth-order valence-corrected chi connectivity index (χ4v) is 4.47. The van der Waals surface area contributed by atoms with Crippen molar-refractivity contribution in [3.05, 3.63) is 94.0 Å². The topological polar surface area (TPSA) is 32.3 Å². The van der Waals surface area contributed by atoms with Crippen LogP contribution in [0.15, 0.2) is 66.7 Å². The van der Waals surface area contributed by atoms with E-state index in [9.17, 15) is 4.79 Å². The molecule has 3 nitrogen and oxygen atoms in total. The van der Waals surface area contributed by atoms with Gasteiger partial charge < -0.3 is 5.32 Å². The third-order valence-corrected chi connectivity index (χ3v) is 6.48. The van der Waals surface area contributed by atoms with Crippen LogP contribution < -0.4 is 5.32 Å². The largest absolute Gasteiger partial charge is 0.348 e. The zero-order chi connectivity index (χ0) is 21.8. The number of hydrogen-bond donors (Lipinski definition) is 1. The minimum atomic E-state index is 0.0307. The maximum Gasteiger partial charge on any atom is 0.251 e. The first-order valence-electron chi connectivity index (χ1n) is 10.9. The van der Waals surface area contributed by atoms with Crippen LogP contribution in [0.4, 0.5) is 0 Å². The van der Waals surface area contributed by atoms with Crippen molar-refractivity contribution < 1.29 is 4.79 Å². The Morgan fingerprint density at radius 3 is 2.61 bits per heavy atom. The summed E-state index contributed by atoms with van der Waals surface area (Å²) in [6, 6.07) is 22.8. The van der Waals surface area contributed by atoms with Crippen LogP contribution in [0.1, 0.15) is 39.9 Å². The second kappa shape index (κ2) is 9.67. The second-order valence-corrected chi connectivity index (χ2v) is 8.93. The summed E-state index contributed by atoms with van der Waals surface area (Å²) in [5.41, 5.74) is 6.47. The van der Waals surface area contributed by atoms with Gasteiger partial charge in [0.15, 0.2) is 0 Å². The van der Waals surface area contributed by atoms with Crippen molar-refractivity contribution in [3.8, 4) is 11.1 Å². The monoisotopic (exact) mass is 432 g/mol. The Morgan fingerprint density at radius 1 is 1.00 bits per heavy atom. The van der Waals surface area contributed by atoms with Gasteiger partial charge in [0.05, 0.1) is 0 Å². The van der Waals surface area contributed by atoms with E-state index in [2.05, 4.69) is 46.6 Å². The van der Waals surface area contributed by atoms with Gasteiger partial charge in [-0.15, -0.1) is 0 Å². The van der Waals surface area contributed by atoms with Crippen LogP contribution in [-0.2, 0) is 6.54 Å². The number of aryl methyl sites for hydroxylation is 2. The number of amides is 1. The number of rotatable bonds is 5. The van der Waals surface area contributed by atoms with Gasteiger partial charge in [-0.05, 0) is 79.3 Å². The summed E-state index contributed by atoms with van der Waals surface area (Å²) in [5.74, 6) is 0.0307. The van der Waals surface area contributed by atoms with E-state index in [-0.39, 0.29) is 11.9 Å². The van der Waals surface area contributed by atoms with Gasteiger partial charge in [-0.25, -0.2) is 0 Å². The number of hydrogen-bond acceptors (Lipinski definition) is 2. The molecule has 1 aliphatic heterocycles. The van der Waals surface area contributed by atoms with Crippen molar-refractivity contribution in [1.82, 2.24) is 10.2 Å². The maximum absolute atomic E-state index is 12.7. The maximum atomic E-state index is 12.7. The molecule has 4 heteroatoms. The second-order valence-electron chi connectivity index (χ2n) is 8.53. The third-order valence-electron chi connectivity index (χ3n) is 6.07. The minimum Gasteiger partial charge on any atom is -0.348 e. The quantitative estimate of drug-likeness (QED) is 0.534. The van der Waals surface area contributed by atoms with Gasteiger partial charge in [0.1, 0.15) is 0 Å². The van der Waals surface area contributed by atoms with Gasteiger partial charge in [-0.3, -0.25) is 9.69 Å². The lowest BCUT2D eigenvalue weighted by atomic mass is 10.0. The third kappa shape index (κ3) is 5.36. The van der Waals surface area contributed by atoms with Crippen LogP contribution in [0.5, 0.6) is 0 Å². The molecule has 1 amide bonds. The van der Waals surface area contributed by atoms with E-state index >= 15 is 0 Å². The number of nitrogens with zero attached hydrogens (tertiary/aromatic N) is 1. The van der Waals surface area contributed by atoms with Crippen LogP contribution in [0.25, 0.3) is 11.1 Å². The summed E-state index contributed by atoms with van der Waals surface area (Å²) in [6.45, 7) is 6.81. The van der Waals surface area contributed by atoms with Crippen molar-refractivity contribution in [1.29, 1.82) is 0 Å². The lowest BCUT2D eigenvalue weighted by Crippen LogP contribution is -2.47. The Labute approximate surface area is 190 Å². The number of benzene rings is 3. The van der Waals surface area contributed by atoms with E-state index < -0.39 is 0 Å². The van der Waals surface area contributed by atoms with E-state index in [0.717, 1.165) is 59.8 Å². The summed E-state index contributed by atoms with van der Waals surface area (Å²) >= 11 is 6.33. The predicted molar refractivity (Wildman–Crippen MR) is 129 cm³/mol. The SMILES string of the molecule is Cc1ccc(-c2cccc(CN3CCCC(NC(=O)c4ccccc4C)C3)c2)cc1Cl. The van der Waals surface area contributed by atoms with E-state index in [1.807, 2.05) is 44.2 Å². The number of carbonyl (C=O) groups is 1. The van der Waals surface area contributed by atoms with Crippen LogP contribution in [0.2, 0.25) is 5.02 Å². The summed E-state index contributed by atoms with van der Waals surface area (Å²) in [6.07, 6.45) is 2.11. The smallest absolute Gasteiger partial charge is 0.251 e. The van der Waals surface area contributed by atoms with E-state index in [0.29, 0.717) is 0 Å². The molecule has 1 fully saturated rings. The molecule has 0 bridgehead atoms. The molecular weight excluding hydrogens is 404 g/mol. The van der Waals surface area contributed by atoms with Gasteiger partial charge in [0.25, 0.3) is 5.91 Å². The number of piperidine rings is 1. The molecule has 0 aliphatic carbocycles. The molecule has 31 heavy (non-hydrogen) atoms. The fraction of sp³-hybridized carbons (Fsp3) is 0.296. The number of likely N-dealkylation sites (tertiary alicyclic amines) is 1. The molecule has 1 saturated heterocycles. The molecule has 1 unspecified atom stereocenters. The molecule has 0 aromatic heterocycles. The highest BCUT2D eigenvalue weighted by Gasteiger charge is 2.22. The summed E-state index contributed by atoms with van der Waals surface area (Å²) in [5, 5.41) is 4.04. The lowest BCUT2D eigenvalue weighted by Gasteiger charge is -2.33. The summed E-state index contributed by atoms with van der Waals surface area (Å²) in [7, 11) is 0. The van der Waals surface area contributed by atoms with Gasteiger partial charge in [0, 0.05) is 29.7 Å². The first-order chi connectivity index (χ1) is 15.0. The Balaban J connectivity index is 1.41. The van der Waals surface area contributed by atoms with Crippen molar-refractivity contribution in [3.63, 3.8) is 0 Å². The standard InChI is InChI=1S/C27H29ClN2O/c1-19-7-3-4-11-25(19)27(31)29-24-10-6-14-30(18-24)17-21-8-5-9-22(15-21)23-13-12-20(2)26(28)16-23/h3-5,7-9,11-13,15-16,24H,6,10,14,17-18H2,1-2H3,(H,29,31). The Morgan fingerprint density at radius 2 is 1.81 bits per heavy atom. The molecule has 0 spiro atoms. The fourth-order valence-electron chi connectivity index (χ4n) is 4.29. The van der Waals surface area contributed by atoms with Crippen LogP contribution >= 0.6 is 11.6 Å². The molecule has 1 N–H and O–H groups in total. The van der Waals surface area contributed by atoms with Gasteiger partial charge in [0.2, 0.25) is 0 Å². The molecular formula is C27H29ClN2O. The van der Waals surface area contributed by atoms with Crippen molar-refractivity contribution in [2.45, 2.75) is 39.3 Å². The van der Waals surface area contributed by atoms with E-state index in [1.165, 1.54) is 11.1 Å². The van der Waals surface area contributed by atoms with E-state index in [4.69, 9.17) is 11.6 Å². The van der Waals surface area contributed by atoms with Crippen molar-refractivity contribution in [2.75, 3.05) is 13.1 Å². The zero-order valence-electron chi connectivity index (χ0n) is 18.2. The van der Waals surface area contributed by atoms with E-state index in [1.54, 1.807) is 0 Å². The average Bonchev–Trinajstić information content (AvgIpc) is 2.76. The molecule has 0 saturated carbocycles. The molecule has 3 aromatic rings. The number of nitrogens with one attached hydrogen (secondary N) is 1. The van der Waals surface area contributed by atoms with Crippen molar-refractivity contribution in [2.24, 2.45) is 0 Å². The molecule has 1 atom stereocenters. The van der Waals surface area contributed by atoms with Crippen LogP contribution in [0, 0.1) is 13.8 Å². The molecule has 160 valence electrons. The first kappa shape index (κ1) is 21.6. The predicted octanol–water partition coefficient (Wildman–Crippen LogP) is 6.02. The Hall–Kier alpha value is -2.62. The van der Waals surface area contributed by atoms with Crippen LogP contribution in [0.3, 0.4) is 0 Å². The normalized spacial score (nSPS) is 16.8. The highest BCUT2D eigenvalue weighted by atomic mass is 35.5. The molecule has 1 aliphatic rings.